The molecule has 0 spiro atoms. The highest BCUT2D eigenvalue weighted by Crippen LogP contribution is 2.26. The van der Waals surface area contributed by atoms with Crippen molar-refractivity contribution >= 4 is 35.3 Å². The van der Waals surface area contributed by atoms with Gasteiger partial charge in [-0.05, 0) is 49.4 Å². The Bertz CT molecular complexity index is 1110. The molecule has 11 nitrogen and oxygen atoms in total. The topological polar surface area (TPSA) is 160 Å². The van der Waals surface area contributed by atoms with Crippen LogP contribution in [0.5, 0.6) is 0 Å². The number of unbranched alkanes of at least 4 members (excludes halogenated alkanes) is 2. The molecule has 3 unspecified atom stereocenters. The second-order valence-electron chi connectivity index (χ2n) is 11.4. The lowest BCUT2D eigenvalue weighted by molar-refractivity contribution is -0.161. The SMILES string of the molecule is CC.CC.CC(=O)OCc1ccc(NC(=O)CNC(=O)C(NC(CCCCCN2C(=O)CC(C)C2=O)C(F)(F)F)C(C)C)cc1.CCCN. The van der Waals surface area contributed by atoms with Crippen LogP contribution in [0.15, 0.2) is 24.3 Å². The lowest BCUT2D eigenvalue weighted by Crippen LogP contribution is -2.56. The Morgan fingerprint density at radius 1 is 1.02 bits per heavy atom. The van der Waals surface area contributed by atoms with Crippen molar-refractivity contribution in [3.05, 3.63) is 29.8 Å². The first kappa shape index (κ1) is 47.6. The van der Waals surface area contributed by atoms with Crippen molar-refractivity contribution in [3.63, 3.8) is 0 Å². The summed E-state index contributed by atoms with van der Waals surface area (Å²) in [7, 11) is 0. The monoisotopic (exact) mass is 703 g/mol. The standard InChI is InChI=1S/C28H39F3N4O6.C3H9N.2C2H6/c1-17(2)25(26(39)32-15-23(37)33-21-11-9-20(10-12-21)16-41-19(4)36)34-22(28(29,30)31)8-6-5-7-13-35-24(38)14-18(3)27(35)40;1-2-3-4;2*1-2/h9-12,17-18,22,25,34H,5-8,13-16H2,1-4H3,(H,32,39)(H,33,37);2-4H2,1H3;2*1-2H3. The number of anilines is 1. The molecule has 4 amide bonds. The van der Waals surface area contributed by atoms with Gasteiger partial charge in [-0.1, -0.05) is 80.4 Å². The van der Waals surface area contributed by atoms with E-state index >= 15 is 0 Å². The maximum absolute atomic E-state index is 13.8. The van der Waals surface area contributed by atoms with Crippen LogP contribution >= 0.6 is 0 Å². The Balaban J connectivity index is 0. The van der Waals surface area contributed by atoms with Crippen molar-refractivity contribution < 1.29 is 41.9 Å². The zero-order valence-electron chi connectivity index (χ0n) is 30.8. The molecule has 2 rings (SSSR count). The fourth-order valence-electron chi connectivity index (χ4n) is 4.36. The van der Waals surface area contributed by atoms with Crippen LogP contribution in [0, 0.1) is 11.8 Å². The van der Waals surface area contributed by atoms with Gasteiger partial charge in [-0.2, -0.15) is 13.2 Å². The minimum Gasteiger partial charge on any atom is -0.461 e. The van der Waals surface area contributed by atoms with E-state index in [0.717, 1.165) is 13.0 Å². The number of nitrogens with two attached hydrogens (primary N) is 1. The number of benzene rings is 1. The number of hydrogen-bond donors (Lipinski definition) is 4. The summed E-state index contributed by atoms with van der Waals surface area (Å²) in [6.07, 6.45) is -2.69. The molecule has 0 saturated carbocycles. The summed E-state index contributed by atoms with van der Waals surface area (Å²) in [5, 5.41) is 7.40. The Labute approximate surface area is 290 Å². The highest BCUT2D eigenvalue weighted by Gasteiger charge is 2.42. The molecular formula is C35H60F3N5O6. The predicted octanol–water partition coefficient (Wildman–Crippen LogP) is 5.71. The minimum absolute atomic E-state index is 0.0854. The summed E-state index contributed by atoms with van der Waals surface area (Å²) >= 11 is 0. The van der Waals surface area contributed by atoms with Crippen molar-refractivity contribution in [2.75, 3.05) is 25.0 Å². The van der Waals surface area contributed by atoms with E-state index in [9.17, 15) is 37.1 Å². The van der Waals surface area contributed by atoms with Gasteiger partial charge in [0.05, 0.1) is 12.6 Å². The molecule has 1 aliphatic rings. The summed E-state index contributed by atoms with van der Waals surface area (Å²) in [6.45, 7) is 16.9. The van der Waals surface area contributed by atoms with Crippen LogP contribution in [-0.2, 0) is 35.3 Å². The Morgan fingerprint density at radius 3 is 2.04 bits per heavy atom. The van der Waals surface area contributed by atoms with E-state index in [1.54, 1.807) is 45.0 Å². The zero-order chi connectivity index (χ0) is 38.2. The maximum Gasteiger partial charge on any atom is 0.403 e. The number of likely N-dealkylation sites (tertiary alicyclic amines) is 1. The number of nitrogens with zero attached hydrogens (tertiary/aromatic N) is 1. The number of esters is 1. The van der Waals surface area contributed by atoms with Crippen LogP contribution < -0.4 is 21.7 Å². The molecule has 14 heteroatoms. The number of amides is 4. The molecule has 0 radical (unpaired) electrons. The van der Waals surface area contributed by atoms with E-state index in [0.29, 0.717) is 24.1 Å². The lowest BCUT2D eigenvalue weighted by Gasteiger charge is -2.29. The van der Waals surface area contributed by atoms with Crippen LogP contribution in [0.2, 0.25) is 0 Å². The maximum atomic E-state index is 13.8. The third-order valence-electron chi connectivity index (χ3n) is 6.96. The normalized spacial score (nSPS) is 15.1. The molecule has 0 bridgehead atoms. The second kappa shape index (κ2) is 26.4. The molecule has 1 saturated heterocycles. The van der Waals surface area contributed by atoms with Gasteiger partial charge in [0, 0.05) is 31.5 Å². The van der Waals surface area contributed by atoms with Gasteiger partial charge in [-0.25, -0.2) is 0 Å². The van der Waals surface area contributed by atoms with Gasteiger partial charge < -0.3 is 21.1 Å². The molecule has 1 heterocycles. The Kier molecular flexibility index (Phi) is 25.6. The molecule has 1 aliphatic heterocycles. The average Bonchev–Trinajstić information content (AvgIpc) is 3.31. The van der Waals surface area contributed by atoms with Crippen molar-refractivity contribution in [2.24, 2.45) is 17.6 Å². The minimum atomic E-state index is -4.61. The molecule has 282 valence electrons. The van der Waals surface area contributed by atoms with Gasteiger partial charge in [0.2, 0.25) is 23.6 Å². The van der Waals surface area contributed by atoms with E-state index < -0.39 is 48.5 Å². The van der Waals surface area contributed by atoms with Crippen LogP contribution in [0.4, 0.5) is 18.9 Å². The molecule has 0 aliphatic carbocycles. The fourth-order valence-corrected chi connectivity index (χ4v) is 4.36. The smallest absolute Gasteiger partial charge is 0.403 e. The van der Waals surface area contributed by atoms with Gasteiger partial charge >= 0.3 is 12.1 Å². The van der Waals surface area contributed by atoms with E-state index in [1.807, 2.05) is 27.7 Å². The average molecular weight is 704 g/mol. The molecule has 1 aromatic rings. The number of hydrogen-bond acceptors (Lipinski definition) is 8. The molecule has 49 heavy (non-hydrogen) atoms. The van der Waals surface area contributed by atoms with Crippen molar-refractivity contribution in [1.82, 2.24) is 15.5 Å². The Morgan fingerprint density at radius 2 is 1.59 bits per heavy atom. The quantitative estimate of drug-likeness (QED) is 0.0968. The molecule has 5 N–H and O–H groups in total. The largest absolute Gasteiger partial charge is 0.461 e. The zero-order valence-corrected chi connectivity index (χ0v) is 30.8. The molecule has 3 atom stereocenters. The summed E-state index contributed by atoms with van der Waals surface area (Å²) in [5.41, 5.74) is 6.17. The molecule has 0 aromatic heterocycles. The number of carbonyl (C=O) groups excluding carboxylic acids is 5. The number of nitrogens with one attached hydrogen (secondary N) is 3. The van der Waals surface area contributed by atoms with Gasteiger partial charge in [0.1, 0.15) is 12.6 Å². The molecular weight excluding hydrogens is 643 g/mol. The number of carbonyl (C=O) groups is 5. The number of imide groups is 1. The third-order valence-corrected chi connectivity index (χ3v) is 6.96. The van der Waals surface area contributed by atoms with Crippen molar-refractivity contribution in [1.29, 1.82) is 0 Å². The van der Waals surface area contributed by atoms with Gasteiger partial charge in [-0.15, -0.1) is 0 Å². The number of alkyl halides is 3. The van der Waals surface area contributed by atoms with Crippen LogP contribution in [0.1, 0.15) is 106 Å². The van der Waals surface area contributed by atoms with Crippen LogP contribution in [0.3, 0.4) is 0 Å². The van der Waals surface area contributed by atoms with E-state index in [-0.39, 0.29) is 50.1 Å². The van der Waals surface area contributed by atoms with E-state index in [1.165, 1.54) is 11.8 Å². The third kappa shape index (κ3) is 19.9. The van der Waals surface area contributed by atoms with Crippen molar-refractivity contribution in [2.45, 2.75) is 126 Å². The number of ether oxygens (including phenoxy) is 1. The van der Waals surface area contributed by atoms with E-state index in [4.69, 9.17) is 10.5 Å². The highest BCUT2D eigenvalue weighted by molar-refractivity contribution is 6.03. The van der Waals surface area contributed by atoms with E-state index in [2.05, 4.69) is 22.9 Å². The fraction of sp³-hybridized carbons (Fsp3) is 0.686. The molecule has 1 fully saturated rings. The van der Waals surface area contributed by atoms with Crippen molar-refractivity contribution in [3.8, 4) is 0 Å². The van der Waals surface area contributed by atoms with Gasteiger partial charge in [-0.3, -0.25) is 34.2 Å². The second-order valence-corrected chi connectivity index (χ2v) is 11.4. The van der Waals surface area contributed by atoms with Crippen LogP contribution in [-0.4, -0.2) is 72.4 Å². The summed E-state index contributed by atoms with van der Waals surface area (Å²) in [5.74, 6) is -3.09. The first-order valence-electron chi connectivity index (χ1n) is 17.3. The summed E-state index contributed by atoms with van der Waals surface area (Å²) in [4.78, 5) is 61.0. The predicted molar refractivity (Wildman–Crippen MR) is 186 cm³/mol. The van der Waals surface area contributed by atoms with Crippen LogP contribution in [0.25, 0.3) is 0 Å². The number of halogens is 3. The summed E-state index contributed by atoms with van der Waals surface area (Å²) in [6, 6.07) is 3.34. The number of rotatable bonds is 16. The first-order chi connectivity index (χ1) is 23.1. The first-order valence-corrected chi connectivity index (χ1v) is 17.3. The summed E-state index contributed by atoms with van der Waals surface area (Å²) < 4.78 is 46.3. The lowest BCUT2D eigenvalue weighted by atomic mass is 10.00. The van der Waals surface area contributed by atoms with Gasteiger partial charge in [0.15, 0.2) is 0 Å². The van der Waals surface area contributed by atoms with Gasteiger partial charge in [0.25, 0.3) is 0 Å². The Hall–Kier alpha value is -3.52. The molecule has 1 aromatic carbocycles. The highest BCUT2D eigenvalue weighted by atomic mass is 19.4.